The average Bonchev–Trinajstić information content (AvgIpc) is 2.91. The number of carboxylic acid groups (broad SMARTS) is 1. The zero-order valence-electron chi connectivity index (χ0n) is 10.1. The van der Waals surface area contributed by atoms with Crippen molar-refractivity contribution < 1.29 is 9.90 Å². The fourth-order valence-corrected chi connectivity index (χ4v) is 3.05. The number of carbonyl (C=O) groups is 1. The minimum atomic E-state index is -0.723. The summed E-state index contributed by atoms with van der Waals surface area (Å²) in [7, 11) is 0. The summed E-state index contributed by atoms with van der Waals surface area (Å²) < 4.78 is 0. The van der Waals surface area contributed by atoms with Crippen LogP contribution in [0.3, 0.4) is 0 Å². The number of aliphatic carboxylic acids is 1. The number of H-pyrrole nitrogens is 1. The Bertz CT molecular complexity index is 408. The maximum absolute atomic E-state index is 11.6. The van der Waals surface area contributed by atoms with E-state index in [0.717, 1.165) is 24.1 Å². The van der Waals surface area contributed by atoms with Gasteiger partial charge in [-0.15, -0.1) is 0 Å². The van der Waals surface area contributed by atoms with Crippen molar-refractivity contribution in [2.75, 3.05) is 6.54 Å². The second kappa shape index (κ2) is 4.49. The number of nitrogens with zero attached hydrogens (tertiary/aromatic N) is 1. The van der Waals surface area contributed by atoms with Gasteiger partial charge in [0, 0.05) is 18.2 Å². The minimum absolute atomic E-state index is 0.162. The first kappa shape index (κ1) is 12.1. The van der Waals surface area contributed by atoms with Crippen LogP contribution in [0.1, 0.15) is 42.9 Å². The molecule has 0 aliphatic heterocycles. The largest absolute Gasteiger partial charge is 0.481 e. The Morgan fingerprint density at radius 3 is 2.71 bits per heavy atom. The summed E-state index contributed by atoms with van der Waals surface area (Å²) in [6, 6.07) is 0. The average molecular weight is 237 g/mol. The van der Waals surface area contributed by atoms with Gasteiger partial charge in [-0.25, -0.2) is 0 Å². The zero-order valence-corrected chi connectivity index (χ0v) is 10.1. The highest BCUT2D eigenvalue weighted by Crippen LogP contribution is 2.48. The third kappa shape index (κ3) is 1.84. The molecule has 0 saturated heterocycles. The van der Waals surface area contributed by atoms with E-state index in [0.29, 0.717) is 19.4 Å². The van der Waals surface area contributed by atoms with E-state index in [9.17, 15) is 9.90 Å². The van der Waals surface area contributed by atoms with Gasteiger partial charge in [-0.1, -0.05) is 12.8 Å². The number of nitrogens with two attached hydrogens (primary N) is 1. The van der Waals surface area contributed by atoms with Crippen LogP contribution in [0.5, 0.6) is 0 Å². The number of nitrogens with one attached hydrogen (secondary N) is 1. The Balaban J connectivity index is 2.40. The molecule has 1 fully saturated rings. The summed E-state index contributed by atoms with van der Waals surface area (Å²) in [5.74, 6) is -0.885. The van der Waals surface area contributed by atoms with Gasteiger partial charge >= 0.3 is 5.97 Å². The molecule has 2 rings (SSSR count). The number of carboxylic acids is 1. The van der Waals surface area contributed by atoms with Crippen LogP contribution in [-0.4, -0.2) is 27.8 Å². The second-order valence-electron chi connectivity index (χ2n) is 4.92. The van der Waals surface area contributed by atoms with Crippen molar-refractivity contribution in [3.63, 3.8) is 0 Å². The van der Waals surface area contributed by atoms with Gasteiger partial charge in [0.25, 0.3) is 0 Å². The number of aryl methyl sites for hydroxylation is 1. The van der Waals surface area contributed by atoms with E-state index in [1.165, 1.54) is 0 Å². The van der Waals surface area contributed by atoms with Crippen molar-refractivity contribution >= 4 is 5.97 Å². The van der Waals surface area contributed by atoms with E-state index in [-0.39, 0.29) is 5.92 Å². The molecule has 1 aromatic rings. The third-order valence-corrected chi connectivity index (χ3v) is 4.04. The van der Waals surface area contributed by atoms with Gasteiger partial charge in [-0.05, 0) is 25.3 Å². The first-order valence-corrected chi connectivity index (χ1v) is 6.05. The normalized spacial score (nSPS) is 20.4. The number of hydrogen-bond acceptors (Lipinski definition) is 3. The SMILES string of the molecule is Cc1cn[nH]c1[C@@H](CN)C1(C(=O)O)CCCC1. The van der Waals surface area contributed by atoms with Gasteiger partial charge in [-0.2, -0.15) is 5.10 Å². The molecule has 1 aromatic heterocycles. The number of aromatic amines is 1. The maximum Gasteiger partial charge on any atom is 0.310 e. The highest BCUT2D eigenvalue weighted by Gasteiger charge is 2.48. The molecule has 5 heteroatoms. The van der Waals surface area contributed by atoms with E-state index in [1.54, 1.807) is 6.20 Å². The molecule has 1 aliphatic rings. The molecule has 1 aliphatic carbocycles. The fraction of sp³-hybridized carbons (Fsp3) is 0.667. The summed E-state index contributed by atoms with van der Waals surface area (Å²) in [5, 5.41) is 16.5. The molecule has 17 heavy (non-hydrogen) atoms. The topological polar surface area (TPSA) is 92.0 Å². The standard InChI is InChI=1S/C12H19N3O2/c1-8-7-14-15-10(8)9(6-13)12(11(16)17)4-2-3-5-12/h7,9H,2-6,13H2,1H3,(H,14,15)(H,16,17)/t9-/m1/s1. The monoisotopic (exact) mass is 237 g/mol. The first-order valence-electron chi connectivity index (χ1n) is 6.05. The van der Waals surface area contributed by atoms with Gasteiger partial charge in [0.1, 0.15) is 0 Å². The quantitative estimate of drug-likeness (QED) is 0.738. The number of aromatic nitrogens is 2. The maximum atomic E-state index is 11.6. The van der Waals surface area contributed by atoms with E-state index < -0.39 is 11.4 Å². The molecule has 0 bridgehead atoms. The van der Waals surface area contributed by atoms with Gasteiger partial charge in [-0.3, -0.25) is 9.89 Å². The van der Waals surface area contributed by atoms with Crippen LogP contribution < -0.4 is 5.73 Å². The lowest BCUT2D eigenvalue weighted by molar-refractivity contribution is -0.150. The molecular weight excluding hydrogens is 218 g/mol. The van der Waals surface area contributed by atoms with E-state index in [2.05, 4.69) is 10.2 Å². The van der Waals surface area contributed by atoms with Crippen LogP contribution in [0.15, 0.2) is 6.20 Å². The smallest absolute Gasteiger partial charge is 0.310 e. The van der Waals surface area contributed by atoms with Gasteiger partial charge in [0.05, 0.1) is 11.6 Å². The number of rotatable bonds is 4. The molecule has 1 atom stereocenters. The summed E-state index contributed by atoms with van der Waals surface area (Å²) in [5.41, 5.74) is 7.00. The zero-order chi connectivity index (χ0) is 12.5. The van der Waals surface area contributed by atoms with Crippen LogP contribution in [0.2, 0.25) is 0 Å². The highest BCUT2D eigenvalue weighted by molar-refractivity contribution is 5.76. The summed E-state index contributed by atoms with van der Waals surface area (Å²) in [4.78, 5) is 11.6. The lowest BCUT2D eigenvalue weighted by atomic mass is 9.71. The third-order valence-electron chi connectivity index (χ3n) is 4.04. The van der Waals surface area contributed by atoms with Crippen LogP contribution in [0.25, 0.3) is 0 Å². The van der Waals surface area contributed by atoms with Crippen LogP contribution >= 0.6 is 0 Å². The van der Waals surface area contributed by atoms with Gasteiger partial charge in [0.15, 0.2) is 0 Å². The van der Waals surface area contributed by atoms with Crippen molar-refractivity contribution in [2.45, 2.75) is 38.5 Å². The van der Waals surface area contributed by atoms with Crippen LogP contribution in [-0.2, 0) is 4.79 Å². The molecule has 4 N–H and O–H groups in total. The van der Waals surface area contributed by atoms with E-state index >= 15 is 0 Å². The van der Waals surface area contributed by atoms with Crippen molar-refractivity contribution in [1.29, 1.82) is 0 Å². The predicted octanol–water partition coefficient (Wildman–Crippen LogP) is 1.41. The molecule has 0 aromatic carbocycles. The lowest BCUT2D eigenvalue weighted by Gasteiger charge is -2.32. The van der Waals surface area contributed by atoms with Crippen molar-refractivity contribution in [3.05, 3.63) is 17.5 Å². The Kier molecular flexibility index (Phi) is 3.19. The highest BCUT2D eigenvalue weighted by atomic mass is 16.4. The summed E-state index contributed by atoms with van der Waals surface area (Å²) in [6.07, 6.45) is 5.08. The van der Waals surface area contributed by atoms with Crippen molar-refractivity contribution in [3.8, 4) is 0 Å². The minimum Gasteiger partial charge on any atom is -0.481 e. The molecule has 94 valence electrons. The van der Waals surface area contributed by atoms with Gasteiger partial charge in [0.2, 0.25) is 0 Å². The van der Waals surface area contributed by atoms with E-state index in [1.807, 2.05) is 6.92 Å². The molecule has 0 spiro atoms. The van der Waals surface area contributed by atoms with Crippen LogP contribution in [0.4, 0.5) is 0 Å². The van der Waals surface area contributed by atoms with Crippen molar-refractivity contribution in [2.24, 2.45) is 11.1 Å². The summed E-state index contributed by atoms with van der Waals surface area (Å²) in [6.45, 7) is 2.28. The second-order valence-corrected chi connectivity index (χ2v) is 4.92. The Labute approximate surface area is 100 Å². The molecule has 1 saturated carbocycles. The number of hydrogen-bond donors (Lipinski definition) is 3. The molecule has 0 amide bonds. The van der Waals surface area contributed by atoms with Crippen LogP contribution in [0, 0.1) is 12.3 Å². The fourth-order valence-electron chi connectivity index (χ4n) is 3.05. The van der Waals surface area contributed by atoms with Crippen molar-refractivity contribution in [1.82, 2.24) is 10.2 Å². The Morgan fingerprint density at radius 1 is 1.65 bits per heavy atom. The Morgan fingerprint density at radius 2 is 2.29 bits per heavy atom. The molecule has 5 nitrogen and oxygen atoms in total. The molecule has 0 radical (unpaired) electrons. The molecule has 0 unspecified atom stereocenters. The predicted molar refractivity (Wildman–Crippen MR) is 63.7 cm³/mol. The summed E-state index contributed by atoms with van der Waals surface area (Å²) >= 11 is 0. The lowest BCUT2D eigenvalue weighted by Crippen LogP contribution is -2.39. The van der Waals surface area contributed by atoms with Gasteiger partial charge < -0.3 is 10.8 Å². The molecular formula is C12H19N3O2. The van der Waals surface area contributed by atoms with E-state index in [4.69, 9.17) is 5.73 Å². The Hall–Kier alpha value is -1.36. The first-order chi connectivity index (χ1) is 8.12. The molecule has 1 heterocycles.